The second-order valence-corrected chi connectivity index (χ2v) is 4.27. The standard InChI is InChI=1S/C12H15N5O2/c1-7(11-16-14-6-17(11)2)15-8-3-4-9(12(18)19)10(13)5-8/h3-7,15H,13H2,1-2H3,(H,18,19). The summed E-state index contributed by atoms with van der Waals surface area (Å²) in [4.78, 5) is 10.9. The molecule has 0 radical (unpaired) electrons. The Morgan fingerprint density at radius 3 is 2.79 bits per heavy atom. The van der Waals surface area contributed by atoms with Crippen LogP contribution in [0.3, 0.4) is 0 Å². The number of anilines is 2. The Bertz CT molecular complexity index is 608. The van der Waals surface area contributed by atoms with Gasteiger partial charge in [0.25, 0.3) is 0 Å². The molecule has 0 amide bonds. The zero-order valence-electron chi connectivity index (χ0n) is 10.7. The van der Waals surface area contributed by atoms with Crippen molar-refractivity contribution in [1.29, 1.82) is 0 Å². The number of rotatable bonds is 4. The van der Waals surface area contributed by atoms with Crippen molar-refractivity contribution in [1.82, 2.24) is 14.8 Å². The number of aromatic nitrogens is 3. The third kappa shape index (κ3) is 2.65. The van der Waals surface area contributed by atoms with E-state index in [-0.39, 0.29) is 17.3 Å². The number of aromatic carboxylic acids is 1. The summed E-state index contributed by atoms with van der Waals surface area (Å²) in [7, 11) is 1.86. The second-order valence-electron chi connectivity index (χ2n) is 4.27. The first kappa shape index (κ1) is 12.9. The van der Waals surface area contributed by atoms with Crippen molar-refractivity contribution in [3.8, 4) is 0 Å². The van der Waals surface area contributed by atoms with Gasteiger partial charge < -0.3 is 20.7 Å². The highest BCUT2D eigenvalue weighted by Crippen LogP contribution is 2.22. The third-order valence-corrected chi connectivity index (χ3v) is 2.80. The lowest BCUT2D eigenvalue weighted by molar-refractivity contribution is 0.0698. The Labute approximate surface area is 110 Å². The number of nitrogens with two attached hydrogens (primary N) is 1. The number of aryl methyl sites for hydroxylation is 1. The minimum absolute atomic E-state index is 0.0671. The summed E-state index contributed by atoms with van der Waals surface area (Å²) < 4.78 is 1.81. The largest absolute Gasteiger partial charge is 0.478 e. The lowest BCUT2D eigenvalue weighted by atomic mass is 10.1. The Morgan fingerprint density at radius 1 is 1.53 bits per heavy atom. The first-order chi connectivity index (χ1) is 8.99. The summed E-state index contributed by atoms with van der Waals surface area (Å²) in [6.07, 6.45) is 1.62. The minimum Gasteiger partial charge on any atom is -0.478 e. The zero-order chi connectivity index (χ0) is 14.0. The van der Waals surface area contributed by atoms with Crippen LogP contribution in [-0.4, -0.2) is 25.8 Å². The van der Waals surface area contributed by atoms with Gasteiger partial charge in [-0.1, -0.05) is 0 Å². The summed E-state index contributed by atoms with van der Waals surface area (Å²) in [5, 5.41) is 19.9. The van der Waals surface area contributed by atoms with Crippen LogP contribution in [0.5, 0.6) is 0 Å². The van der Waals surface area contributed by atoms with Gasteiger partial charge in [-0.3, -0.25) is 0 Å². The molecule has 2 aromatic rings. The molecule has 0 saturated carbocycles. The monoisotopic (exact) mass is 261 g/mol. The average molecular weight is 261 g/mol. The van der Waals surface area contributed by atoms with Crippen molar-refractivity contribution in [3.63, 3.8) is 0 Å². The lowest BCUT2D eigenvalue weighted by Gasteiger charge is -2.15. The maximum Gasteiger partial charge on any atom is 0.337 e. The number of nitrogens with one attached hydrogen (secondary N) is 1. The van der Waals surface area contributed by atoms with Crippen LogP contribution in [0, 0.1) is 0 Å². The van der Waals surface area contributed by atoms with Gasteiger partial charge in [0.1, 0.15) is 6.33 Å². The molecular formula is C12H15N5O2. The molecule has 0 bridgehead atoms. The number of hydrogen-bond acceptors (Lipinski definition) is 5. The number of nitrogens with zero attached hydrogens (tertiary/aromatic N) is 3. The topological polar surface area (TPSA) is 106 Å². The van der Waals surface area contributed by atoms with Crippen LogP contribution in [0.1, 0.15) is 29.1 Å². The summed E-state index contributed by atoms with van der Waals surface area (Å²) in [5.74, 6) is -0.258. The molecule has 0 fully saturated rings. The highest BCUT2D eigenvalue weighted by molar-refractivity contribution is 5.94. The Kier molecular flexibility index (Phi) is 3.37. The smallest absolute Gasteiger partial charge is 0.337 e. The van der Waals surface area contributed by atoms with Crippen molar-refractivity contribution in [2.24, 2.45) is 7.05 Å². The minimum atomic E-state index is -1.04. The van der Waals surface area contributed by atoms with E-state index in [9.17, 15) is 4.79 Å². The summed E-state index contributed by atoms with van der Waals surface area (Å²) in [5.41, 5.74) is 6.75. The van der Waals surface area contributed by atoms with E-state index in [0.29, 0.717) is 0 Å². The second kappa shape index (κ2) is 4.97. The Hall–Kier alpha value is -2.57. The summed E-state index contributed by atoms with van der Waals surface area (Å²) in [6, 6.07) is 4.68. The maximum absolute atomic E-state index is 10.9. The number of nitrogen functional groups attached to an aromatic ring is 1. The van der Waals surface area contributed by atoms with Gasteiger partial charge in [0.05, 0.1) is 11.6 Å². The highest BCUT2D eigenvalue weighted by Gasteiger charge is 2.13. The van der Waals surface area contributed by atoms with Gasteiger partial charge >= 0.3 is 5.97 Å². The molecule has 1 atom stereocenters. The molecule has 19 heavy (non-hydrogen) atoms. The van der Waals surface area contributed by atoms with Gasteiger partial charge in [0.15, 0.2) is 5.82 Å². The number of carboxylic acids is 1. The van der Waals surface area contributed by atoms with Gasteiger partial charge in [0.2, 0.25) is 0 Å². The molecule has 1 aromatic heterocycles. The van der Waals surface area contributed by atoms with Crippen molar-refractivity contribution < 1.29 is 9.90 Å². The predicted octanol–water partition coefficient (Wildman–Crippen LogP) is 1.27. The summed E-state index contributed by atoms with van der Waals surface area (Å²) >= 11 is 0. The fraction of sp³-hybridized carbons (Fsp3) is 0.250. The number of hydrogen-bond donors (Lipinski definition) is 3. The van der Waals surface area contributed by atoms with Crippen LogP contribution >= 0.6 is 0 Å². The molecular weight excluding hydrogens is 246 g/mol. The lowest BCUT2D eigenvalue weighted by Crippen LogP contribution is -2.12. The first-order valence-corrected chi connectivity index (χ1v) is 5.72. The van der Waals surface area contributed by atoms with E-state index in [1.54, 1.807) is 18.5 Å². The van der Waals surface area contributed by atoms with Crippen LogP contribution in [0.4, 0.5) is 11.4 Å². The van der Waals surface area contributed by atoms with E-state index >= 15 is 0 Å². The zero-order valence-corrected chi connectivity index (χ0v) is 10.7. The molecule has 1 heterocycles. The molecule has 7 nitrogen and oxygen atoms in total. The van der Waals surface area contributed by atoms with E-state index in [1.165, 1.54) is 6.07 Å². The first-order valence-electron chi connectivity index (χ1n) is 5.72. The van der Waals surface area contributed by atoms with Gasteiger partial charge in [-0.05, 0) is 25.1 Å². The Balaban J connectivity index is 2.18. The van der Waals surface area contributed by atoms with Crippen LogP contribution in [-0.2, 0) is 7.05 Å². The number of carbonyl (C=O) groups is 1. The van der Waals surface area contributed by atoms with Gasteiger partial charge in [-0.25, -0.2) is 4.79 Å². The summed E-state index contributed by atoms with van der Waals surface area (Å²) in [6.45, 7) is 1.94. The molecule has 4 N–H and O–H groups in total. The van der Waals surface area contributed by atoms with E-state index in [2.05, 4.69) is 15.5 Å². The van der Waals surface area contributed by atoms with Gasteiger partial charge in [-0.2, -0.15) is 0 Å². The van der Waals surface area contributed by atoms with Crippen molar-refractivity contribution in [2.75, 3.05) is 11.1 Å². The SMILES string of the molecule is CC(Nc1ccc(C(=O)O)c(N)c1)c1nncn1C. The van der Waals surface area contributed by atoms with Crippen molar-refractivity contribution >= 4 is 17.3 Å². The van der Waals surface area contributed by atoms with E-state index in [1.807, 2.05) is 18.5 Å². The molecule has 0 aliphatic heterocycles. The quantitative estimate of drug-likeness (QED) is 0.715. The molecule has 0 saturated heterocycles. The fourth-order valence-corrected chi connectivity index (χ4v) is 1.85. The third-order valence-electron chi connectivity index (χ3n) is 2.80. The van der Waals surface area contributed by atoms with Crippen LogP contribution in [0.15, 0.2) is 24.5 Å². The van der Waals surface area contributed by atoms with Gasteiger partial charge in [-0.15, -0.1) is 10.2 Å². The van der Waals surface area contributed by atoms with Crippen LogP contribution in [0.2, 0.25) is 0 Å². The van der Waals surface area contributed by atoms with Crippen LogP contribution < -0.4 is 11.1 Å². The molecule has 1 unspecified atom stereocenters. The van der Waals surface area contributed by atoms with E-state index in [0.717, 1.165) is 11.5 Å². The molecule has 0 spiro atoms. The van der Waals surface area contributed by atoms with E-state index < -0.39 is 5.97 Å². The molecule has 1 aromatic carbocycles. The molecule has 0 aliphatic rings. The number of benzene rings is 1. The number of carboxylic acid groups (broad SMARTS) is 1. The maximum atomic E-state index is 10.9. The van der Waals surface area contributed by atoms with Crippen LogP contribution in [0.25, 0.3) is 0 Å². The Morgan fingerprint density at radius 2 is 2.26 bits per heavy atom. The van der Waals surface area contributed by atoms with Crippen molar-refractivity contribution in [2.45, 2.75) is 13.0 Å². The molecule has 7 heteroatoms. The normalized spacial score (nSPS) is 12.1. The average Bonchev–Trinajstić information content (AvgIpc) is 2.75. The van der Waals surface area contributed by atoms with Gasteiger partial charge in [0, 0.05) is 18.4 Å². The highest BCUT2D eigenvalue weighted by atomic mass is 16.4. The van der Waals surface area contributed by atoms with Crippen molar-refractivity contribution in [3.05, 3.63) is 35.9 Å². The molecule has 100 valence electrons. The predicted molar refractivity (Wildman–Crippen MR) is 70.9 cm³/mol. The fourth-order valence-electron chi connectivity index (χ4n) is 1.85. The molecule has 2 rings (SSSR count). The van der Waals surface area contributed by atoms with E-state index in [4.69, 9.17) is 10.8 Å². The molecule has 0 aliphatic carbocycles.